The smallest absolute Gasteiger partial charge is 0.244 e. The van der Waals surface area contributed by atoms with Crippen molar-refractivity contribution in [1.29, 1.82) is 5.41 Å². The monoisotopic (exact) mass is 568 g/mol. The molecule has 9 nitrogen and oxygen atoms in total. The summed E-state index contributed by atoms with van der Waals surface area (Å²) < 4.78 is 0. The number of phenols is 1. The molecule has 2 atom stereocenters. The maximum Gasteiger partial charge on any atom is 0.244 e. The van der Waals surface area contributed by atoms with Gasteiger partial charge < -0.3 is 31.7 Å². The van der Waals surface area contributed by atoms with Crippen LogP contribution in [0.1, 0.15) is 41.9 Å². The Hall–Kier alpha value is -4.63. The molecule has 0 unspecified atom stereocenters. The highest BCUT2D eigenvalue weighted by molar-refractivity contribution is 5.92. The number of hydrogen-bond donors (Lipinski definition) is 6. The van der Waals surface area contributed by atoms with Crippen LogP contribution >= 0.6 is 0 Å². The maximum absolute atomic E-state index is 13.9. The molecule has 0 radical (unpaired) electrons. The fraction of sp³-hybridized carbons (Fsp3) is 0.303. The van der Waals surface area contributed by atoms with Gasteiger partial charge in [-0.1, -0.05) is 78.9 Å². The zero-order valence-electron chi connectivity index (χ0n) is 23.7. The molecule has 1 aliphatic rings. The van der Waals surface area contributed by atoms with Crippen LogP contribution in [0.3, 0.4) is 0 Å². The first kappa shape index (κ1) is 30.3. The van der Waals surface area contributed by atoms with E-state index < -0.39 is 6.04 Å². The van der Waals surface area contributed by atoms with Gasteiger partial charge in [0, 0.05) is 49.8 Å². The Morgan fingerprint density at radius 2 is 1.67 bits per heavy atom. The Bertz CT molecular complexity index is 1310. The molecule has 0 spiro atoms. The minimum absolute atomic E-state index is 0.0205. The van der Waals surface area contributed by atoms with Gasteiger partial charge >= 0.3 is 0 Å². The molecule has 2 amide bonds. The molecule has 220 valence electrons. The first-order chi connectivity index (χ1) is 20.4. The summed E-state index contributed by atoms with van der Waals surface area (Å²) >= 11 is 0. The number of aromatic hydroxyl groups is 1. The van der Waals surface area contributed by atoms with E-state index in [4.69, 9.17) is 11.1 Å². The quantitative estimate of drug-likeness (QED) is 0.0857. The van der Waals surface area contributed by atoms with E-state index in [1.54, 1.807) is 30.3 Å². The number of nitrogens with one attached hydrogen (secondary N) is 4. The molecule has 42 heavy (non-hydrogen) atoms. The first-order valence-electron chi connectivity index (χ1n) is 14.4. The average molecular weight is 569 g/mol. The molecule has 3 aromatic carbocycles. The lowest BCUT2D eigenvalue weighted by Crippen LogP contribution is -2.49. The van der Waals surface area contributed by atoms with Crippen LogP contribution in [0.25, 0.3) is 6.08 Å². The molecular formula is C33H40N6O3. The highest BCUT2D eigenvalue weighted by atomic mass is 16.3. The predicted molar refractivity (Wildman–Crippen MR) is 166 cm³/mol. The standard InChI is InChI=1S/C33H40N6O3/c34-33(35)36-20-9-15-29-32(42)39(23-28(24-10-3-1-4-11-24)25-12-5-2-6-13-25)21-19-27(38-29)22-37-31(41)18-17-26-14-7-8-16-30(26)40/h1-8,10-14,16-18,27-29,38,40H,9,15,19-23H2,(H,37,41)(H4,34,35,36)/b18-17+/t27-,29-/m0/s1. The van der Waals surface area contributed by atoms with Gasteiger partial charge in [-0.15, -0.1) is 0 Å². The van der Waals surface area contributed by atoms with Gasteiger partial charge in [0.1, 0.15) is 5.75 Å². The first-order valence-corrected chi connectivity index (χ1v) is 14.4. The zero-order chi connectivity index (χ0) is 29.7. The van der Waals surface area contributed by atoms with Crippen molar-refractivity contribution in [2.75, 3.05) is 26.2 Å². The van der Waals surface area contributed by atoms with E-state index in [-0.39, 0.29) is 35.5 Å². The number of nitrogens with zero attached hydrogens (tertiary/aromatic N) is 1. The molecule has 0 aliphatic carbocycles. The largest absolute Gasteiger partial charge is 0.507 e. The van der Waals surface area contributed by atoms with E-state index in [1.165, 1.54) is 6.08 Å². The molecule has 1 saturated heterocycles. The third kappa shape index (κ3) is 8.94. The fourth-order valence-electron chi connectivity index (χ4n) is 5.23. The summed E-state index contributed by atoms with van der Waals surface area (Å²) in [5.74, 6) is -0.210. The number of carbonyl (C=O) groups excluding carboxylic acids is 2. The summed E-state index contributed by atoms with van der Waals surface area (Å²) in [7, 11) is 0. The number of rotatable bonds is 12. The van der Waals surface area contributed by atoms with Crippen LogP contribution in [-0.2, 0) is 9.59 Å². The third-order valence-electron chi connectivity index (χ3n) is 7.46. The van der Waals surface area contributed by atoms with Crippen LogP contribution in [0.15, 0.2) is 91.0 Å². The number of carbonyl (C=O) groups is 2. The van der Waals surface area contributed by atoms with Crippen molar-refractivity contribution in [2.45, 2.75) is 37.3 Å². The second-order valence-corrected chi connectivity index (χ2v) is 10.5. The molecule has 4 rings (SSSR count). The van der Waals surface area contributed by atoms with Gasteiger partial charge in [-0.25, -0.2) is 0 Å². The van der Waals surface area contributed by atoms with Crippen molar-refractivity contribution < 1.29 is 14.7 Å². The second-order valence-electron chi connectivity index (χ2n) is 10.5. The van der Waals surface area contributed by atoms with Gasteiger partial charge in [0.25, 0.3) is 0 Å². The third-order valence-corrected chi connectivity index (χ3v) is 7.46. The number of phenolic OH excluding ortho intramolecular Hbond substituents is 1. The summed E-state index contributed by atoms with van der Waals surface area (Å²) in [5.41, 5.74) is 8.29. The van der Waals surface area contributed by atoms with Gasteiger partial charge in [0.05, 0.1) is 6.04 Å². The molecule has 9 heteroatoms. The minimum atomic E-state index is -0.438. The topological polar surface area (TPSA) is 144 Å². The highest BCUT2D eigenvalue weighted by Crippen LogP contribution is 2.27. The Kier molecular flexibility index (Phi) is 11.1. The number of benzene rings is 3. The summed E-state index contributed by atoms with van der Waals surface area (Å²) in [6.07, 6.45) is 4.87. The Morgan fingerprint density at radius 3 is 2.31 bits per heavy atom. The second kappa shape index (κ2) is 15.4. The number of guanidine groups is 1. The zero-order valence-corrected chi connectivity index (χ0v) is 23.7. The van der Waals surface area contributed by atoms with Crippen LogP contribution < -0.4 is 21.7 Å². The van der Waals surface area contributed by atoms with E-state index in [2.05, 4.69) is 40.2 Å². The van der Waals surface area contributed by atoms with Crippen molar-refractivity contribution in [3.05, 3.63) is 108 Å². The Morgan fingerprint density at radius 1 is 1.02 bits per heavy atom. The molecule has 0 saturated carbocycles. The molecular weight excluding hydrogens is 528 g/mol. The lowest BCUT2D eigenvalue weighted by molar-refractivity contribution is -0.133. The maximum atomic E-state index is 13.9. The number of nitrogens with two attached hydrogens (primary N) is 1. The Balaban J connectivity index is 1.46. The van der Waals surface area contributed by atoms with Crippen molar-refractivity contribution in [1.82, 2.24) is 20.9 Å². The molecule has 3 aromatic rings. The molecule has 0 aromatic heterocycles. The van der Waals surface area contributed by atoms with Gasteiger partial charge in [-0.3, -0.25) is 15.0 Å². The van der Waals surface area contributed by atoms with Crippen LogP contribution in [0, 0.1) is 5.41 Å². The molecule has 0 bridgehead atoms. The lowest BCUT2D eigenvalue weighted by Gasteiger charge is -2.29. The van der Waals surface area contributed by atoms with Gasteiger partial charge in [0.15, 0.2) is 5.96 Å². The number of amides is 2. The molecule has 1 heterocycles. The molecule has 1 fully saturated rings. The van der Waals surface area contributed by atoms with Crippen LogP contribution in [0.4, 0.5) is 0 Å². The summed E-state index contributed by atoms with van der Waals surface area (Å²) in [4.78, 5) is 28.4. The fourth-order valence-corrected chi connectivity index (χ4v) is 5.23. The summed E-state index contributed by atoms with van der Waals surface area (Å²) in [6, 6.07) is 26.8. The van der Waals surface area contributed by atoms with E-state index in [0.29, 0.717) is 51.0 Å². The van der Waals surface area contributed by atoms with Crippen LogP contribution in [-0.4, -0.2) is 66.0 Å². The summed E-state index contributed by atoms with van der Waals surface area (Å²) in [6.45, 7) is 1.95. The molecule has 1 aliphatic heterocycles. The van der Waals surface area contributed by atoms with Crippen molar-refractivity contribution in [3.8, 4) is 5.75 Å². The van der Waals surface area contributed by atoms with Gasteiger partial charge in [-0.2, -0.15) is 0 Å². The van der Waals surface area contributed by atoms with E-state index in [0.717, 1.165) is 11.1 Å². The van der Waals surface area contributed by atoms with Crippen LogP contribution in [0.2, 0.25) is 0 Å². The van der Waals surface area contributed by atoms with Gasteiger partial charge in [-0.05, 0) is 42.5 Å². The SMILES string of the molecule is N=C(N)NCCC[C@@H]1N[C@H](CNC(=O)/C=C/c2ccccc2O)CCN(CC(c2ccccc2)c2ccccc2)C1=O. The predicted octanol–water partition coefficient (Wildman–Crippen LogP) is 3.18. The van der Waals surface area contributed by atoms with Gasteiger partial charge in [0.2, 0.25) is 11.8 Å². The lowest BCUT2D eigenvalue weighted by atomic mass is 9.90. The minimum Gasteiger partial charge on any atom is -0.507 e. The molecule has 7 N–H and O–H groups in total. The normalized spacial score (nSPS) is 17.3. The van der Waals surface area contributed by atoms with Crippen molar-refractivity contribution in [3.63, 3.8) is 0 Å². The van der Waals surface area contributed by atoms with Crippen LogP contribution in [0.5, 0.6) is 5.75 Å². The highest BCUT2D eigenvalue weighted by Gasteiger charge is 2.32. The van der Waals surface area contributed by atoms with E-state index in [1.807, 2.05) is 41.3 Å². The van der Waals surface area contributed by atoms with E-state index >= 15 is 0 Å². The van der Waals surface area contributed by atoms with Crippen molar-refractivity contribution >= 4 is 23.8 Å². The average Bonchev–Trinajstić information content (AvgIpc) is 3.15. The summed E-state index contributed by atoms with van der Waals surface area (Å²) in [5, 5.41) is 26.6. The van der Waals surface area contributed by atoms with E-state index in [9.17, 15) is 14.7 Å². The number of hydrogen-bond acceptors (Lipinski definition) is 5. The Labute approximate surface area is 247 Å². The number of para-hydroxylation sites is 1. The van der Waals surface area contributed by atoms with Crippen molar-refractivity contribution in [2.24, 2.45) is 5.73 Å².